The zero-order valence-corrected chi connectivity index (χ0v) is 9.55. The number of aliphatic hydroxyl groups is 3. The average molecular weight is 253 g/mol. The van der Waals surface area contributed by atoms with Crippen molar-refractivity contribution in [3.63, 3.8) is 0 Å². The number of aromatic nitrogens is 2. The van der Waals surface area contributed by atoms with Gasteiger partial charge in [0.1, 0.15) is 11.9 Å². The quantitative estimate of drug-likeness (QED) is 0.464. The number of nitrogens with two attached hydrogens (primary N) is 1. The van der Waals surface area contributed by atoms with Crippen LogP contribution in [0, 0.1) is 5.92 Å². The SMILES string of the molecule is Nc1ccn([C@@H]2C=C[C@H](CO)[C@@H](O)[C@H]2O)c(=O)n1. The van der Waals surface area contributed by atoms with Crippen molar-refractivity contribution in [2.24, 2.45) is 5.92 Å². The van der Waals surface area contributed by atoms with Crippen LogP contribution in [0.3, 0.4) is 0 Å². The van der Waals surface area contributed by atoms with Crippen molar-refractivity contribution in [2.75, 3.05) is 12.3 Å². The van der Waals surface area contributed by atoms with Gasteiger partial charge in [0, 0.05) is 12.1 Å². The van der Waals surface area contributed by atoms with Crippen LogP contribution in [0.2, 0.25) is 0 Å². The molecule has 4 atom stereocenters. The fourth-order valence-electron chi connectivity index (χ4n) is 2.02. The first-order chi connectivity index (χ1) is 8.54. The molecule has 0 bridgehead atoms. The zero-order valence-electron chi connectivity index (χ0n) is 9.55. The first-order valence-corrected chi connectivity index (χ1v) is 5.54. The fourth-order valence-corrected chi connectivity index (χ4v) is 2.02. The molecule has 1 aliphatic carbocycles. The molecule has 0 aromatic carbocycles. The molecule has 0 radical (unpaired) electrons. The van der Waals surface area contributed by atoms with Crippen molar-refractivity contribution in [1.82, 2.24) is 9.55 Å². The molecular weight excluding hydrogens is 238 g/mol. The molecule has 0 unspecified atom stereocenters. The van der Waals surface area contributed by atoms with Crippen LogP contribution < -0.4 is 11.4 Å². The lowest BCUT2D eigenvalue weighted by atomic mass is 9.87. The Hall–Kier alpha value is -1.70. The number of hydrogen-bond donors (Lipinski definition) is 4. The van der Waals surface area contributed by atoms with E-state index in [0.717, 1.165) is 0 Å². The number of hydrogen-bond acceptors (Lipinski definition) is 6. The van der Waals surface area contributed by atoms with Crippen molar-refractivity contribution in [3.05, 3.63) is 34.9 Å². The van der Waals surface area contributed by atoms with Gasteiger partial charge in [-0.25, -0.2) is 4.79 Å². The number of aliphatic hydroxyl groups excluding tert-OH is 3. The molecule has 0 fully saturated rings. The summed E-state index contributed by atoms with van der Waals surface area (Å²) in [7, 11) is 0. The van der Waals surface area contributed by atoms with Crippen LogP contribution in [0.5, 0.6) is 0 Å². The second kappa shape index (κ2) is 4.89. The molecule has 98 valence electrons. The highest BCUT2D eigenvalue weighted by atomic mass is 16.3. The van der Waals surface area contributed by atoms with Crippen molar-refractivity contribution < 1.29 is 15.3 Å². The fraction of sp³-hybridized carbons (Fsp3) is 0.455. The molecular formula is C11H15N3O4. The maximum absolute atomic E-state index is 11.6. The smallest absolute Gasteiger partial charge is 0.350 e. The Morgan fingerprint density at radius 2 is 2.06 bits per heavy atom. The molecule has 5 N–H and O–H groups in total. The van der Waals surface area contributed by atoms with E-state index in [1.54, 1.807) is 12.2 Å². The summed E-state index contributed by atoms with van der Waals surface area (Å²) in [5.74, 6) is -0.437. The van der Waals surface area contributed by atoms with E-state index in [0.29, 0.717) is 0 Å². The molecule has 2 rings (SSSR count). The molecule has 0 aliphatic heterocycles. The minimum atomic E-state index is -1.18. The van der Waals surface area contributed by atoms with Gasteiger partial charge in [-0.2, -0.15) is 4.98 Å². The molecule has 1 aromatic rings. The van der Waals surface area contributed by atoms with Gasteiger partial charge in [-0.05, 0) is 6.07 Å². The van der Waals surface area contributed by atoms with Gasteiger partial charge in [-0.15, -0.1) is 0 Å². The van der Waals surface area contributed by atoms with E-state index in [2.05, 4.69) is 4.98 Å². The highest BCUT2D eigenvalue weighted by Gasteiger charge is 2.34. The van der Waals surface area contributed by atoms with Crippen LogP contribution in [-0.2, 0) is 0 Å². The summed E-state index contributed by atoms with van der Waals surface area (Å²) in [5.41, 5.74) is 4.78. The summed E-state index contributed by atoms with van der Waals surface area (Å²) in [6.07, 6.45) is 2.24. The van der Waals surface area contributed by atoms with E-state index in [1.807, 2.05) is 0 Å². The average Bonchev–Trinajstić information content (AvgIpc) is 2.34. The van der Waals surface area contributed by atoms with E-state index < -0.39 is 29.9 Å². The van der Waals surface area contributed by atoms with Crippen LogP contribution in [0.15, 0.2) is 29.2 Å². The van der Waals surface area contributed by atoms with E-state index in [-0.39, 0.29) is 12.4 Å². The Labute approximate surface area is 103 Å². The van der Waals surface area contributed by atoms with Crippen LogP contribution in [-0.4, -0.2) is 43.7 Å². The second-order valence-electron chi connectivity index (χ2n) is 4.25. The molecule has 1 aliphatic rings. The Morgan fingerprint density at radius 3 is 2.67 bits per heavy atom. The van der Waals surface area contributed by atoms with Crippen LogP contribution in [0.4, 0.5) is 5.82 Å². The molecule has 1 heterocycles. The topological polar surface area (TPSA) is 122 Å². The van der Waals surface area contributed by atoms with Crippen molar-refractivity contribution in [3.8, 4) is 0 Å². The van der Waals surface area contributed by atoms with Crippen LogP contribution in [0.25, 0.3) is 0 Å². The largest absolute Gasteiger partial charge is 0.396 e. The number of rotatable bonds is 2. The van der Waals surface area contributed by atoms with E-state index in [9.17, 15) is 15.0 Å². The highest BCUT2D eigenvalue weighted by molar-refractivity contribution is 5.24. The van der Waals surface area contributed by atoms with E-state index in [4.69, 9.17) is 10.8 Å². The lowest BCUT2D eigenvalue weighted by Gasteiger charge is -2.33. The number of anilines is 1. The number of nitrogens with zero attached hydrogens (tertiary/aromatic N) is 2. The van der Waals surface area contributed by atoms with Gasteiger partial charge in [0.05, 0.1) is 18.8 Å². The Bertz CT molecular complexity index is 513. The van der Waals surface area contributed by atoms with E-state index in [1.165, 1.54) is 16.8 Å². The lowest BCUT2D eigenvalue weighted by Crippen LogP contribution is -2.45. The van der Waals surface area contributed by atoms with Gasteiger partial charge in [-0.3, -0.25) is 4.57 Å². The minimum absolute atomic E-state index is 0.0966. The summed E-state index contributed by atoms with van der Waals surface area (Å²) in [4.78, 5) is 15.2. The normalized spacial score (nSPS) is 31.5. The van der Waals surface area contributed by atoms with E-state index >= 15 is 0 Å². The third-order valence-corrected chi connectivity index (χ3v) is 3.08. The Morgan fingerprint density at radius 1 is 1.33 bits per heavy atom. The van der Waals surface area contributed by atoms with Gasteiger partial charge in [-0.1, -0.05) is 12.2 Å². The lowest BCUT2D eigenvalue weighted by molar-refractivity contribution is -0.0427. The molecule has 18 heavy (non-hydrogen) atoms. The zero-order chi connectivity index (χ0) is 13.3. The summed E-state index contributed by atoms with van der Waals surface area (Å²) >= 11 is 0. The second-order valence-corrected chi connectivity index (χ2v) is 4.25. The molecule has 0 saturated heterocycles. The highest BCUT2D eigenvalue weighted by Crippen LogP contribution is 2.25. The molecule has 0 amide bonds. The predicted octanol–water partition coefficient (Wildman–Crippen LogP) is -1.73. The van der Waals surface area contributed by atoms with Gasteiger partial charge in [0.2, 0.25) is 0 Å². The van der Waals surface area contributed by atoms with Crippen molar-refractivity contribution in [1.29, 1.82) is 0 Å². The minimum Gasteiger partial charge on any atom is -0.396 e. The maximum atomic E-state index is 11.6. The van der Waals surface area contributed by atoms with Gasteiger partial charge >= 0.3 is 5.69 Å². The Balaban J connectivity index is 2.37. The maximum Gasteiger partial charge on any atom is 0.350 e. The standard InChI is InChI=1S/C11H15N3O4/c12-8-3-4-14(11(18)13-8)7-2-1-6(5-15)9(16)10(7)17/h1-4,6-7,9-10,15-17H,5H2,(H2,12,13,18)/t6-,7-,9-,10+/m1/s1. The van der Waals surface area contributed by atoms with Crippen LogP contribution >= 0.6 is 0 Å². The molecule has 0 spiro atoms. The first-order valence-electron chi connectivity index (χ1n) is 5.54. The predicted molar refractivity (Wildman–Crippen MR) is 63.7 cm³/mol. The molecule has 1 aromatic heterocycles. The molecule has 0 saturated carbocycles. The van der Waals surface area contributed by atoms with Gasteiger partial charge in [0.15, 0.2) is 0 Å². The summed E-state index contributed by atoms with van der Waals surface area (Å²) < 4.78 is 1.19. The third kappa shape index (κ3) is 2.15. The van der Waals surface area contributed by atoms with Gasteiger partial charge in [0.25, 0.3) is 0 Å². The third-order valence-electron chi connectivity index (χ3n) is 3.08. The summed E-state index contributed by atoms with van der Waals surface area (Å²) in [6, 6.07) is 0.718. The monoisotopic (exact) mass is 253 g/mol. The summed E-state index contributed by atoms with van der Waals surface area (Å²) in [6.45, 7) is -0.268. The molecule has 7 heteroatoms. The summed E-state index contributed by atoms with van der Waals surface area (Å²) in [5, 5.41) is 28.8. The molecule has 7 nitrogen and oxygen atoms in total. The van der Waals surface area contributed by atoms with Crippen LogP contribution in [0.1, 0.15) is 6.04 Å². The van der Waals surface area contributed by atoms with Crippen molar-refractivity contribution >= 4 is 5.82 Å². The van der Waals surface area contributed by atoms with Crippen molar-refractivity contribution in [2.45, 2.75) is 18.2 Å². The van der Waals surface area contributed by atoms with Gasteiger partial charge < -0.3 is 21.1 Å². The first kappa shape index (κ1) is 12.7. The Kier molecular flexibility index (Phi) is 3.46. The number of nitrogen functional groups attached to an aromatic ring is 1.